The summed E-state index contributed by atoms with van der Waals surface area (Å²) in [6.07, 6.45) is 3.71. The maximum atomic E-state index is 5.32. The van der Waals surface area contributed by atoms with Crippen LogP contribution in [0, 0.1) is 0 Å². The van der Waals surface area contributed by atoms with Gasteiger partial charge in [-0.05, 0) is 30.3 Å². The third-order valence-corrected chi connectivity index (χ3v) is 8.22. The summed E-state index contributed by atoms with van der Waals surface area (Å²) in [6, 6.07) is 45.7. The van der Waals surface area contributed by atoms with Crippen LogP contribution < -0.4 is 4.90 Å². The molecule has 1 aliphatic rings. The number of anilines is 3. The zero-order valence-electron chi connectivity index (χ0n) is 23.5. The fourth-order valence-electron chi connectivity index (χ4n) is 6.34. The van der Waals surface area contributed by atoms with Crippen LogP contribution in [0.2, 0.25) is 0 Å². The number of benzene rings is 4. The Morgan fingerprint density at radius 2 is 1.00 bits per heavy atom. The molecule has 0 saturated heterocycles. The van der Waals surface area contributed by atoms with E-state index in [4.69, 9.17) is 19.9 Å². The van der Waals surface area contributed by atoms with Crippen LogP contribution in [0.25, 0.3) is 61.7 Å². The summed E-state index contributed by atoms with van der Waals surface area (Å²) in [7, 11) is 0. The molecule has 6 nitrogen and oxygen atoms in total. The standard InChI is InChI=1S/C38H24N6/c1-4-13-25(14-5-1)32-37(33(26-15-6-2-7-16-26)42-38(41-32)27-17-8-3-9-18-27)44-29-20-11-10-19-28(29)43-30-21-12-23-39-34(30)35-36(43)31(44)22-24-40-35/h1-24H. The van der Waals surface area contributed by atoms with E-state index in [9.17, 15) is 0 Å². The summed E-state index contributed by atoms with van der Waals surface area (Å²) < 4.78 is 2.29. The Labute approximate surface area is 253 Å². The summed E-state index contributed by atoms with van der Waals surface area (Å²) in [6.45, 7) is 0. The first-order valence-electron chi connectivity index (χ1n) is 14.6. The van der Waals surface area contributed by atoms with Crippen LogP contribution in [0.1, 0.15) is 0 Å². The van der Waals surface area contributed by atoms with Gasteiger partial charge in [0.05, 0.1) is 45.2 Å². The second-order valence-corrected chi connectivity index (χ2v) is 10.7. The predicted molar refractivity (Wildman–Crippen MR) is 177 cm³/mol. The lowest BCUT2D eigenvalue weighted by Gasteiger charge is -2.34. The van der Waals surface area contributed by atoms with Crippen molar-refractivity contribution in [3.05, 3.63) is 146 Å². The molecule has 0 radical (unpaired) electrons. The van der Waals surface area contributed by atoms with Crippen molar-refractivity contribution >= 4 is 39.1 Å². The molecule has 8 aromatic rings. The number of fused-ring (bicyclic) bond motifs is 5. The summed E-state index contributed by atoms with van der Waals surface area (Å²) in [5.41, 5.74) is 12.4. The predicted octanol–water partition coefficient (Wildman–Crippen LogP) is 9.15. The second-order valence-electron chi connectivity index (χ2n) is 10.7. The summed E-state index contributed by atoms with van der Waals surface area (Å²) in [5, 5.41) is 0. The van der Waals surface area contributed by atoms with E-state index < -0.39 is 0 Å². The lowest BCUT2D eigenvalue weighted by Crippen LogP contribution is -2.21. The van der Waals surface area contributed by atoms with Gasteiger partial charge in [-0.1, -0.05) is 103 Å². The molecule has 9 rings (SSSR count). The van der Waals surface area contributed by atoms with Crippen LogP contribution >= 0.6 is 0 Å². The summed E-state index contributed by atoms with van der Waals surface area (Å²) in [5.74, 6) is 0.676. The maximum absolute atomic E-state index is 5.32. The fraction of sp³-hybridized carbons (Fsp3) is 0. The minimum atomic E-state index is 0.676. The first kappa shape index (κ1) is 24.5. The molecule has 0 spiro atoms. The first-order valence-corrected chi connectivity index (χ1v) is 14.6. The molecule has 4 aromatic carbocycles. The number of para-hydroxylation sites is 2. The molecule has 0 amide bonds. The maximum Gasteiger partial charge on any atom is 0.160 e. The monoisotopic (exact) mass is 564 g/mol. The van der Waals surface area contributed by atoms with Crippen LogP contribution in [-0.2, 0) is 0 Å². The lowest BCUT2D eigenvalue weighted by molar-refractivity contribution is 1.09. The van der Waals surface area contributed by atoms with E-state index in [0.29, 0.717) is 5.82 Å². The van der Waals surface area contributed by atoms with Gasteiger partial charge in [-0.3, -0.25) is 9.97 Å². The average molecular weight is 565 g/mol. The number of hydrogen-bond acceptors (Lipinski definition) is 5. The molecule has 5 heterocycles. The van der Waals surface area contributed by atoms with E-state index in [1.807, 2.05) is 48.8 Å². The molecule has 0 saturated carbocycles. The zero-order chi connectivity index (χ0) is 29.0. The molecule has 1 aliphatic heterocycles. The molecule has 0 unspecified atom stereocenters. The SMILES string of the molecule is c1ccc(-c2nc(-c3ccccc3)c(N3c4ccccc4-n4c5cccnc5c5nccc3c54)c(-c3ccccc3)n2)cc1. The minimum Gasteiger partial charge on any atom is -0.302 e. The Kier molecular flexibility index (Phi) is 5.40. The highest BCUT2D eigenvalue weighted by molar-refractivity contribution is 6.14. The van der Waals surface area contributed by atoms with Gasteiger partial charge in [-0.25, -0.2) is 9.97 Å². The topological polar surface area (TPSA) is 59.7 Å². The Balaban J connectivity index is 1.46. The highest BCUT2D eigenvalue weighted by Crippen LogP contribution is 2.52. The zero-order valence-corrected chi connectivity index (χ0v) is 23.5. The Hall–Kier alpha value is -6.14. The van der Waals surface area contributed by atoms with E-state index >= 15 is 0 Å². The summed E-state index contributed by atoms with van der Waals surface area (Å²) >= 11 is 0. The van der Waals surface area contributed by atoms with Gasteiger partial charge in [0.1, 0.15) is 11.0 Å². The van der Waals surface area contributed by atoms with Crippen molar-refractivity contribution in [3.63, 3.8) is 0 Å². The van der Waals surface area contributed by atoms with E-state index in [1.54, 1.807) is 0 Å². The van der Waals surface area contributed by atoms with Crippen molar-refractivity contribution in [1.29, 1.82) is 0 Å². The molecule has 0 N–H and O–H groups in total. The Morgan fingerprint density at radius 3 is 1.66 bits per heavy atom. The molecule has 206 valence electrons. The van der Waals surface area contributed by atoms with Crippen molar-refractivity contribution in [2.45, 2.75) is 0 Å². The lowest BCUT2D eigenvalue weighted by atomic mass is 10.0. The molecule has 0 fully saturated rings. The van der Waals surface area contributed by atoms with Crippen molar-refractivity contribution in [2.75, 3.05) is 4.90 Å². The highest BCUT2D eigenvalue weighted by Gasteiger charge is 2.33. The fourth-order valence-corrected chi connectivity index (χ4v) is 6.34. The molecule has 6 heteroatoms. The van der Waals surface area contributed by atoms with Crippen LogP contribution in [-0.4, -0.2) is 24.5 Å². The van der Waals surface area contributed by atoms with Gasteiger partial charge in [0.25, 0.3) is 0 Å². The molecule has 4 aromatic heterocycles. The minimum absolute atomic E-state index is 0.676. The van der Waals surface area contributed by atoms with Gasteiger partial charge in [-0.2, -0.15) is 0 Å². The Morgan fingerprint density at radius 1 is 0.432 bits per heavy atom. The van der Waals surface area contributed by atoms with Crippen molar-refractivity contribution in [2.24, 2.45) is 0 Å². The molecule has 0 atom stereocenters. The highest BCUT2D eigenvalue weighted by atomic mass is 15.2. The van der Waals surface area contributed by atoms with Crippen LogP contribution in [0.5, 0.6) is 0 Å². The van der Waals surface area contributed by atoms with E-state index in [0.717, 1.165) is 72.9 Å². The van der Waals surface area contributed by atoms with E-state index in [1.165, 1.54) is 0 Å². The quantitative estimate of drug-likeness (QED) is 0.213. The van der Waals surface area contributed by atoms with Gasteiger partial charge in [0.15, 0.2) is 5.82 Å². The van der Waals surface area contributed by atoms with Gasteiger partial charge in [-0.15, -0.1) is 0 Å². The van der Waals surface area contributed by atoms with E-state index in [2.05, 4.69) is 107 Å². The van der Waals surface area contributed by atoms with Crippen molar-refractivity contribution in [3.8, 4) is 39.6 Å². The number of pyridine rings is 2. The van der Waals surface area contributed by atoms with Gasteiger partial charge >= 0.3 is 0 Å². The van der Waals surface area contributed by atoms with Crippen molar-refractivity contribution in [1.82, 2.24) is 24.5 Å². The number of rotatable bonds is 4. The van der Waals surface area contributed by atoms with Crippen LogP contribution in [0.15, 0.2) is 146 Å². The molecular weight excluding hydrogens is 540 g/mol. The molecule has 0 aliphatic carbocycles. The number of nitrogens with zero attached hydrogens (tertiary/aromatic N) is 6. The third-order valence-electron chi connectivity index (χ3n) is 8.22. The average Bonchev–Trinajstić information content (AvgIpc) is 3.45. The van der Waals surface area contributed by atoms with Crippen molar-refractivity contribution < 1.29 is 0 Å². The molecular formula is C38H24N6. The van der Waals surface area contributed by atoms with Gasteiger partial charge in [0, 0.05) is 29.1 Å². The van der Waals surface area contributed by atoms with Crippen LogP contribution in [0.4, 0.5) is 17.1 Å². The molecule has 0 bridgehead atoms. The van der Waals surface area contributed by atoms with Gasteiger partial charge in [0.2, 0.25) is 0 Å². The number of aromatic nitrogens is 5. The number of hydrogen-bond donors (Lipinski definition) is 0. The Bertz CT molecular complexity index is 2270. The van der Waals surface area contributed by atoms with E-state index in [-0.39, 0.29) is 0 Å². The smallest absolute Gasteiger partial charge is 0.160 e. The second kappa shape index (κ2) is 9.71. The molecule has 44 heavy (non-hydrogen) atoms. The van der Waals surface area contributed by atoms with Crippen LogP contribution in [0.3, 0.4) is 0 Å². The largest absolute Gasteiger partial charge is 0.302 e. The van der Waals surface area contributed by atoms with Gasteiger partial charge < -0.3 is 9.47 Å². The summed E-state index contributed by atoms with van der Waals surface area (Å²) in [4.78, 5) is 22.6. The normalized spacial score (nSPS) is 12.0. The first-order chi connectivity index (χ1) is 21.9. The third kappa shape index (κ3) is 3.61.